The summed E-state index contributed by atoms with van der Waals surface area (Å²) < 4.78 is 2.92. The molecule has 1 fully saturated rings. The summed E-state index contributed by atoms with van der Waals surface area (Å²) in [5.74, 6) is 0. The summed E-state index contributed by atoms with van der Waals surface area (Å²) in [7, 11) is 2.27. The average Bonchev–Trinajstić information content (AvgIpc) is 2.70. The van der Waals surface area contributed by atoms with Gasteiger partial charge in [-0.05, 0) is 0 Å². The molecule has 0 saturated carbocycles. The predicted octanol–water partition coefficient (Wildman–Crippen LogP) is 2.76. The summed E-state index contributed by atoms with van der Waals surface area (Å²) in [6.45, 7) is 0. The number of nitrogens with zero attached hydrogens (tertiary/aromatic N) is 1. The fraction of sp³-hybridized carbons (Fsp3) is 0.500. The Morgan fingerprint density at radius 3 is 3.00 bits per heavy atom. The van der Waals surface area contributed by atoms with E-state index in [0.717, 1.165) is 6.04 Å². The summed E-state index contributed by atoms with van der Waals surface area (Å²) in [6, 6.07) is 3.73. The van der Waals surface area contributed by atoms with Crippen LogP contribution in [0.3, 0.4) is 0 Å². The number of rotatable bonds is 1. The normalized spacial score (nSPS) is 30.7. The van der Waals surface area contributed by atoms with Gasteiger partial charge in [0.1, 0.15) is 0 Å². The Balaban J connectivity index is 1.97. The molecule has 1 saturated heterocycles. The van der Waals surface area contributed by atoms with Crippen LogP contribution >= 0.6 is 15.9 Å². The maximum atomic E-state index is 3.67. The SMILES string of the molecule is CN1C2C=C(c3[se]ccc3Br)CC1CC2. The summed E-state index contributed by atoms with van der Waals surface area (Å²) in [5, 5.41) is 0. The van der Waals surface area contributed by atoms with Gasteiger partial charge in [0.05, 0.1) is 0 Å². The van der Waals surface area contributed by atoms with Crippen LogP contribution in [0.5, 0.6) is 0 Å². The molecule has 0 radical (unpaired) electrons. The zero-order chi connectivity index (χ0) is 10.4. The molecule has 0 aromatic carbocycles. The van der Waals surface area contributed by atoms with Crippen LogP contribution in [-0.2, 0) is 0 Å². The van der Waals surface area contributed by atoms with Gasteiger partial charge in [0.25, 0.3) is 0 Å². The quantitative estimate of drug-likeness (QED) is 0.716. The fourth-order valence-corrected chi connectivity index (χ4v) is 5.73. The van der Waals surface area contributed by atoms with Gasteiger partial charge in [0.15, 0.2) is 0 Å². The van der Waals surface area contributed by atoms with Crippen LogP contribution in [0, 0.1) is 0 Å². The van der Waals surface area contributed by atoms with E-state index >= 15 is 0 Å². The summed E-state index contributed by atoms with van der Waals surface area (Å²) in [4.78, 5) is 4.86. The Labute approximate surface area is 105 Å². The Kier molecular flexibility index (Phi) is 2.68. The van der Waals surface area contributed by atoms with Crippen molar-refractivity contribution in [3.63, 3.8) is 0 Å². The molecule has 15 heavy (non-hydrogen) atoms. The molecule has 3 heteroatoms. The van der Waals surface area contributed by atoms with Gasteiger partial charge in [-0.25, -0.2) is 0 Å². The van der Waals surface area contributed by atoms with E-state index in [-0.39, 0.29) is 0 Å². The minimum absolute atomic E-state index is 0.569. The molecule has 2 aliphatic rings. The van der Waals surface area contributed by atoms with Crippen molar-refractivity contribution < 1.29 is 0 Å². The van der Waals surface area contributed by atoms with Crippen molar-refractivity contribution in [3.05, 3.63) is 26.0 Å². The third-order valence-corrected chi connectivity index (χ3v) is 6.98. The van der Waals surface area contributed by atoms with Gasteiger partial charge in [-0.3, -0.25) is 0 Å². The summed E-state index contributed by atoms with van der Waals surface area (Å²) >= 11 is 4.24. The molecular formula is C12H14BrNSe. The van der Waals surface area contributed by atoms with Gasteiger partial charge in [-0.1, -0.05) is 0 Å². The Morgan fingerprint density at radius 1 is 1.47 bits per heavy atom. The van der Waals surface area contributed by atoms with Crippen molar-refractivity contribution in [2.75, 3.05) is 7.05 Å². The third kappa shape index (κ3) is 1.70. The van der Waals surface area contributed by atoms with E-state index in [9.17, 15) is 0 Å². The topological polar surface area (TPSA) is 3.24 Å². The fourth-order valence-electron chi connectivity index (χ4n) is 2.73. The second kappa shape index (κ2) is 3.88. The van der Waals surface area contributed by atoms with E-state index in [1.807, 2.05) is 0 Å². The Bertz CT molecular complexity index is 410. The second-order valence-corrected chi connectivity index (χ2v) is 7.23. The zero-order valence-corrected chi connectivity index (χ0v) is 12.0. The first-order valence-corrected chi connectivity index (χ1v) is 8.05. The molecule has 1 aromatic heterocycles. The van der Waals surface area contributed by atoms with Gasteiger partial charge < -0.3 is 0 Å². The molecule has 1 aromatic rings. The number of likely N-dealkylation sites (N-methyl/N-ethyl adjacent to an activating group) is 1. The first kappa shape index (κ1) is 10.3. The Morgan fingerprint density at radius 2 is 2.33 bits per heavy atom. The van der Waals surface area contributed by atoms with Crippen molar-refractivity contribution in [3.8, 4) is 0 Å². The minimum atomic E-state index is 0.569. The van der Waals surface area contributed by atoms with Crippen LogP contribution in [0.2, 0.25) is 0 Å². The number of fused-ring (bicyclic) bond motifs is 2. The van der Waals surface area contributed by atoms with Crippen LogP contribution in [0.1, 0.15) is 23.7 Å². The summed E-state index contributed by atoms with van der Waals surface area (Å²) in [5.41, 5.74) is 1.62. The van der Waals surface area contributed by atoms with Crippen LogP contribution in [0.15, 0.2) is 21.6 Å². The number of hydrogen-bond donors (Lipinski definition) is 0. The van der Waals surface area contributed by atoms with E-state index in [1.165, 1.54) is 23.7 Å². The molecule has 2 bridgehead atoms. The molecule has 3 heterocycles. The van der Waals surface area contributed by atoms with Crippen molar-refractivity contribution in [2.45, 2.75) is 31.3 Å². The molecule has 1 nitrogen and oxygen atoms in total. The van der Waals surface area contributed by atoms with Gasteiger partial charge in [0.2, 0.25) is 0 Å². The van der Waals surface area contributed by atoms with E-state index in [4.69, 9.17) is 0 Å². The van der Waals surface area contributed by atoms with E-state index in [0.29, 0.717) is 20.5 Å². The second-order valence-electron chi connectivity index (χ2n) is 4.46. The molecule has 2 unspecified atom stereocenters. The molecule has 0 amide bonds. The third-order valence-electron chi connectivity index (χ3n) is 3.65. The standard InChI is InChI=1S/C12H14BrNSe/c1-14-9-2-3-10(14)7-8(6-9)12-11(13)4-5-15-12/h4-6,9-10H,2-3,7H2,1H3. The van der Waals surface area contributed by atoms with Crippen molar-refractivity contribution in [1.82, 2.24) is 4.90 Å². The molecular weight excluding hydrogens is 317 g/mol. The maximum absolute atomic E-state index is 3.67. The molecule has 0 aliphatic carbocycles. The van der Waals surface area contributed by atoms with Gasteiger partial charge in [-0.2, -0.15) is 0 Å². The molecule has 2 atom stereocenters. The van der Waals surface area contributed by atoms with Gasteiger partial charge in [-0.15, -0.1) is 0 Å². The first-order valence-electron chi connectivity index (χ1n) is 5.41. The van der Waals surface area contributed by atoms with Crippen LogP contribution in [0.4, 0.5) is 0 Å². The van der Waals surface area contributed by atoms with Gasteiger partial charge >= 0.3 is 105 Å². The predicted molar refractivity (Wildman–Crippen MR) is 68.2 cm³/mol. The zero-order valence-electron chi connectivity index (χ0n) is 8.74. The van der Waals surface area contributed by atoms with Crippen molar-refractivity contribution >= 4 is 36.0 Å². The van der Waals surface area contributed by atoms with Crippen LogP contribution in [0.25, 0.3) is 5.57 Å². The number of halogens is 1. The molecule has 0 spiro atoms. The molecule has 0 N–H and O–H groups in total. The molecule has 80 valence electrons. The average molecular weight is 331 g/mol. The van der Waals surface area contributed by atoms with Crippen molar-refractivity contribution in [2.24, 2.45) is 0 Å². The van der Waals surface area contributed by atoms with E-state index < -0.39 is 0 Å². The first-order chi connectivity index (χ1) is 7.25. The summed E-state index contributed by atoms with van der Waals surface area (Å²) in [6.07, 6.45) is 6.51. The molecule has 2 aliphatic heterocycles. The monoisotopic (exact) mass is 331 g/mol. The van der Waals surface area contributed by atoms with Crippen LogP contribution in [-0.4, -0.2) is 38.5 Å². The molecule has 3 rings (SSSR count). The van der Waals surface area contributed by atoms with Crippen LogP contribution < -0.4 is 0 Å². The number of hydrogen-bond acceptors (Lipinski definition) is 1. The van der Waals surface area contributed by atoms with Crippen molar-refractivity contribution in [1.29, 1.82) is 0 Å². The van der Waals surface area contributed by atoms with E-state index in [1.54, 1.807) is 10.0 Å². The van der Waals surface area contributed by atoms with Gasteiger partial charge in [0, 0.05) is 0 Å². The van der Waals surface area contributed by atoms with E-state index in [2.05, 4.69) is 45.0 Å². The Hall–Kier alpha value is 0.179.